The molecule has 0 radical (unpaired) electrons. The molecular formula is C15H13BrN2O3S. The Morgan fingerprint density at radius 3 is 2.68 bits per heavy atom. The lowest BCUT2D eigenvalue weighted by Crippen LogP contribution is -2.31. The van der Waals surface area contributed by atoms with Gasteiger partial charge in [-0.3, -0.25) is 9.52 Å². The van der Waals surface area contributed by atoms with Crippen LogP contribution in [0.1, 0.15) is 15.9 Å². The second kappa shape index (κ2) is 5.73. The molecule has 0 unspecified atom stereocenters. The van der Waals surface area contributed by atoms with Gasteiger partial charge in [0.25, 0.3) is 15.9 Å². The number of anilines is 1. The lowest BCUT2D eigenvalue weighted by atomic mass is 10.00. The number of hydrogen-bond donors (Lipinski definition) is 2. The number of carbonyl (C=O) groups excluding carboxylic acids is 1. The van der Waals surface area contributed by atoms with Gasteiger partial charge in [0.15, 0.2) is 0 Å². The highest BCUT2D eigenvalue weighted by Crippen LogP contribution is 2.25. The molecule has 2 N–H and O–H groups in total. The van der Waals surface area contributed by atoms with Crippen LogP contribution in [0.2, 0.25) is 0 Å². The third kappa shape index (κ3) is 2.86. The van der Waals surface area contributed by atoms with Gasteiger partial charge < -0.3 is 5.32 Å². The zero-order chi connectivity index (χ0) is 15.7. The van der Waals surface area contributed by atoms with Crippen LogP contribution in [0.25, 0.3) is 0 Å². The molecule has 1 amide bonds. The van der Waals surface area contributed by atoms with E-state index in [0.717, 1.165) is 12.0 Å². The number of halogens is 1. The van der Waals surface area contributed by atoms with Crippen molar-refractivity contribution < 1.29 is 13.2 Å². The second-order valence-electron chi connectivity index (χ2n) is 4.91. The van der Waals surface area contributed by atoms with Crippen molar-refractivity contribution in [3.05, 3.63) is 58.1 Å². The van der Waals surface area contributed by atoms with E-state index < -0.39 is 10.0 Å². The molecule has 0 spiro atoms. The molecule has 1 aliphatic rings. The Bertz CT molecular complexity index is 850. The van der Waals surface area contributed by atoms with Crippen molar-refractivity contribution in [1.82, 2.24) is 5.32 Å². The van der Waals surface area contributed by atoms with Crippen molar-refractivity contribution in [2.45, 2.75) is 11.3 Å². The Balaban J connectivity index is 1.95. The molecular weight excluding hydrogens is 368 g/mol. The summed E-state index contributed by atoms with van der Waals surface area (Å²) in [4.78, 5) is 12.0. The van der Waals surface area contributed by atoms with Gasteiger partial charge in [-0.25, -0.2) is 8.42 Å². The molecule has 0 atom stereocenters. The van der Waals surface area contributed by atoms with Crippen LogP contribution in [-0.4, -0.2) is 20.9 Å². The van der Waals surface area contributed by atoms with Gasteiger partial charge in [-0.15, -0.1) is 0 Å². The smallest absolute Gasteiger partial charge is 0.263 e. The minimum atomic E-state index is -3.72. The first-order valence-electron chi connectivity index (χ1n) is 6.66. The molecule has 7 heteroatoms. The first-order chi connectivity index (χ1) is 10.5. The average Bonchev–Trinajstić information content (AvgIpc) is 2.48. The van der Waals surface area contributed by atoms with E-state index in [2.05, 4.69) is 26.0 Å². The average molecular weight is 381 g/mol. The van der Waals surface area contributed by atoms with E-state index in [1.807, 2.05) is 0 Å². The molecule has 3 rings (SSSR count). The van der Waals surface area contributed by atoms with Crippen LogP contribution < -0.4 is 10.0 Å². The van der Waals surface area contributed by atoms with Crippen molar-refractivity contribution in [3.8, 4) is 0 Å². The molecule has 2 aromatic carbocycles. The fraction of sp³-hybridized carbons (Fsp3) is 0.133. The normalized spacial score (nSPS) is 14.1. The van der Waals surface area contributed by atoms with Crippen LogP contribution in [0.15, 0.2) is 51.8 Å². The maximum Gasteiger partial charge on any atom is 0.263 e. The molecule has 1 aliphatic heterocycles. The number of amides is 1. The summed E-state index contributed by atoms with van der Waals surface area (Å²) in [5.41, 5.74) is 1.80. The van der Waals surface area contributed by atoms with Crippen molar-refractivity contribution in [1.29, 1.82) is 0 Å². The van der Waals surface area contributed by atoms with E-state index in [1.165, 1.54) is 6.07 Å². The zero-order valence-corrected chi connectivity index (χ0v) is 13.9. The summed E-state index contributed by atoms with van der Waals surface area (Å²) in [6, 6.07) is 11.6. The summed E-state index contributed by atoms with van der Waals surface area (Å²) in [7, 11) is -3.72. The summed E-state index contributed by atoms with van der Waals surface area (Å²) in [6.07, 6.45) is 0.748. The van der Waals surface area contributed by atoms with Gasteiger partial charge in [-0.1, -0.05) is 18.2 Å². The van der Waals surface area contributed by atoms with Crippen molar-refractivity contribution in [3.63, 3.8) is 0 Å². The Morgan fingerprint density at radius 1 is 1.14 bits per heavy atom. The van der Waals surface area contributed by atoms with Gasteiger partial charge >= 0.3 is 0 Å². The number of rotatable bonds is 3. The minimum absolute atomic E-state index is 0.150. The third-order valence-corrected chi connectivity index (χ3v) is 5.81. The van der Waals surface area contributed by atoms with Gasteiger partial charge in [0.05, 0.1) is 0 Å². The SMILES string of the molecule is O=C1NCCc2ccc(NS(=O)(=O)c3ccccc3Br)cc21. The highest BCUT2D eigenvalue weighted by molar-refractivity contribution is 9.10. The summed E-state index contributed by atoms with van der Waals surface area (Å²) in [6.45, 7) is 0.605. The number of carbonyl (C=O) groups is 1. The number of sulfonamides is 1. The molecule has 0 saturated carbocycles. The summed E-state index contributed by atoms with van der Waals surface area (Å²) in [5, 5.41) is 2.75. The Labute approximate surface area is 136 Å². The summed E-state index contributed by atoms with van der Waals surface area (Å²) >= 11 is 3.23. The standard InChI is InChI=1S/C15H13BrN2O3S/c16-13-3-1-2-4-14(13)22(20,21)18-11-6-5-10-7-8-17-15(19)12(10)9-11/h1-6,9,18H,7-8H2,(H,17,19). The molecule has 0 fully saturated rings. The third-order valence-electron chi connectivity index (χ3n) is 3.41. The molecule has 0 saturated heterocycles. The molecule has 2 aromatic rings. The van der Waals surface area contributed by atoms with Crippen LogP contribution in [0.3, 0.4) is 0 Å². The molecule has 0 aromatic heterocycles. The van der Waals surface area contributed by atoms with Crippen molar-refractivity contribution in [2.24, 2.45) is 0 Å². The Morgan fingerprint density at radius 2 is 1.91 bits per heavy atom. The first kappa shape index (κ1) is 15.1. The van der Waals surface area contributed by atoms with E-state index in [9.17, 15) is 13.2 Å². The van der Waals surface area contributed by atoms with E-state index in [0.29, 0.717) is 22.3 Å². The van der Waals surface area contributed by atoms with Gasteiger partial charge in [-0.05, 0) is 52.2 Å². The number of benzene rings is 2. The van der Waals surface area contributed by atoms with Crippen LogP contribution in [0.4, 0.5) is 5.69 Å². The van der Waals surface area contributed by atoms with E-state index >= 15 is 0 Å². The predicted molar refractivity (Wildman–Crippen MR) is 87.4 cm³/mol. The van der Waals surface area contributed by atoms with E-state index in [4.69, 9.17) is 0 Å². The Kier molecular flexibility index (Phi) is 3.92. The van der Waals surface area contributed by atoms with Crippen molar-refractivity contribution in [2.75, 3.05) is 11.3 Å². The van der Waals surface area contributed by atoms with Crippen LogP contribution >= 0.6 is 15.9 Å². The molecule has 0 aliphatic carbocycles. The summed E-state index contributed by atoms with van der Waals surface area (Å²) < 4.78 is 27.9. The van der Waals surface area contributed by atoms with Crippen LogP contribution in [0.5, 0.6) is 0 Å². The molecule has 22 heavy (non-hydrogen) atoms. The van der Waals surface area contributed by atoms with Gasteiger partial charge in [0.1, 0.15) is 4.90 Å². The summed E-state index contributed by atoms with van der Waals surface area (Å²) in [5.74, 6) is -0.178. The second-order valence-corrected chi connectivity index (χ2v) is 7.42. The van der Waals surface area contributed by atoms with Gasteiger partial charge in [0, 0.05) is 22.3 Å². The molecule has 5 nitrogen and oxygen atoms in total. The van der Waals surface area contributed by atoms with Crippen LogP contribution in [-0.2, 0) is 16.4 Å². The maximum absolute atomic E-state index is 12.4. The fourth-order valence-electron chi connectivity index (χ4n) is 2.35. The first-order valence-corrected chi connectivity index (χ1v) is 8.93. The largest absolute Gasteiger partial charge is 0.352 e. The molecule has 0 bridgehead atoms. The monoisotopic (exact) mass is 380 g/mol. The highest BCUT2D eigenvalue weighted by atomic mass is 79.9. The van der Waals surface area contributed by atoms with Gasteiger partial charge in [0.2, 0.25) is 0 Å². The van der Waals surface area contributed by atoms with E-state index in [1.54, 1.807) is 36.4 Å². The number of nitrogens with one attached hydrogen (secondary N) is 2. The number of hydrogen-bond acceptors (Lipinski definition) is 3. The fourth-order valence-corrected chi connectivity index (χ4v) is 4.40. The quantitative estimate of drug-likeness (QED) is 0.858. The predicted octanol–water partition coefficient (Wildman–Crippen LogP) is 2.54. The van der Waals surface area contributed by atoms with Crippen molar-refractivity contribution >= 4 is 37.5 Å². The van der Waals surface area contributed by atoms with Crippen LogP contribution in [0, 0.1) is 0 Å². The van der Waals surface area contributed by atoms with E-state index in [-0.39, 0.29) is 10.8 Å². The number of fused-ring (bicyclic) bond motifs is 1. The Hall–Kier alpha value is -1.86. The minimum Gasteiger partial charge on any atom is -0.352 e. The molecule has 114 valence electrons. The molecule has 1 heterocycles. The van der Waals surface area contributed by atoms with Gasteiger partial charge in [-0.2, -0.15) is 0 Å². The maximum atomic E-state index is 12.4. The topological polar surface area (TPSA) is 75.3 Å². The lowest BCUT2D eigenvalue weighted by Gasteiger charge is -2.17. The highest BCUT2D eigenvalue weighted by Gasteiger charge is 2.20. The lowest BCUT2D eigenvalue weighted by molar-refractivity contribution is 0.0946. The zero-order valence-electron chi connectivity index (χ0n) is 11.5.